The Labute approximate surface area is 213 Å². The number of hydrogen-bond acceptors (Lipinski definition) is 6. The Morgan fingerprint density at radius 2 is 1.83 bits per heavy atom. The van der Waals surface area contributed by atoms with Crippen molar-refractivity contribution in [3.8, 4) is 0 Å². The van der Waals surface area contributed by atoms with E-state index in [9.17, 15) is 17.6 Å². The molecule has 5 rings (SSSR count). The van der Waals surface area contributed by atoms with Crippen LogP contribution < -0.4 is 4.90 Å². The van der Waals surface area contributed by atoms with Crippen molar-refractivity contribution < 1.29 is 17.6 Å². The number of carbonyl (C=O) groups excluding carboxylic acids is 1. The van der Waals surface area contributed by atoms with Crippen LogP contribution >= 0.6 is 11.3 Å². The molecule has 10 heteroatoms. The fraction of sp³-hybridized carbons (Fsp3) is 0.269. The minimum atomic E-state index is -3.75. The second-order valence-corrected chi connectivity index (χ2v) is 11.7. The molecule has 1 aliphatic heterocycles. The van der Waals surface area contributed by atoms with Crippen LogP contribution in [-0.2, 0) is 21.4 Å². The van der Waals surface area contributed by atoms with Crippen LogP contribution in [0.15, 0.2) is 71.8 Å². The molecule has 1 saturated heterocycles. The molecule has 0 aliphatic carbocycles. The second-order valence-electron chi connectivity index (χ2n) is 8.80. The maximum absolute atomic E-state index is 13.8. The van der Waals surface area contributed by atoms with Gasteiger partial charge in [0.15, 0.2) is 5.13 Å². The highest BCUT2D eigenvalue weighted by molar-refractivity contribution is 7.89. The molecule has 2 aromatic heterocycles. The summed E-state index contributed by atoms with van der Waals surface area (Å²) in [6.07, 6.45) is 2.48. The molecule has 0 radical (unpaired) electrons. The summed E-state index contributed by atoms with van der Waals surface area (Å²) in [5, 5.41) is 0.608. The van der Waals surface area contributed by atoms with Gasteiger partial charge in [-0.15, -0.1) is 0 Å². The summed E-state index contributed by atoms with van der Waals surface area (Å²) in [5.41, 5.74) is 2.66. The number of anilines is 1. The number of aromatic nitrogens is 2. The Balaban J connectivity index is 1.37. The third kappa shape index (κ3) is 4.88. The molecule has 1 amide bonds. The standard InChI is InChI=1S/C26H25FN4O3S2/c1-18-5-4-7-23-24(18)29-26(35-23)31(17-21-6-2-3-14-28-21)25(32)19-12-15-30(16-13-19)36(33,34)22-10-8-20(27)9-11-22/h2-11,14,19H,12-13,15-17H2,1H3. The average Bonchev–Trinajstić information content (AvgIpc) is 3.33. The number of aryl methyl sites for hydroxylation is 1. The molecule has 0 atom stereocenters. The van der Waals surface area contributed by atoms with E-state index in [2.05, 4.69) is 4.98 Å². The number of para-hydroxylation sites is 1. The van der Waals surface area contributed by atoms with Gasteiger partial charge in [0, 0.05) is 25.2 Å². The van der Waals surface area contributed by atoms with Crippen molar-refractivity contribution in [1.82, 2.24) is 14.3 Å². The lowest BCUT2D eigenvalue weighted by Gasteiger charge is -2.33. The van der Waals surface area contributed by atoms with E-state index in [1.54, 1.807) is 11.1 Å². The van der Waals surface area contributed by atoms with Crippen LogP contribution in [0.2, 0.25) is 0 Å². The zero-order chi connectivity index (χ0) is 25.3. The van der Waals surface area contributed by atoms with E-state index in [-0.39, 0.29) is 36.4 Å². The van der Waals surface area contributed by atoms with Gasteiger partial charge in [0.05, 0.1) is 27.4 Å². The van der Waals surface area contributed by atoms with Crippen molar-refractivity contribution in [3.05, 3.63) is 83.9 Å². The maximum Gasteiger partial charge on any atom is 0.243 e. The van der Waals surface area contributed by atoms with Crippen molar-refractivity contribution in [2.75, 3.05) is 18.0 Å². The van der Waals surface area contributed by atoms with E-state index in [4.69, 9.17) is 4.98 Å². The minimum Gasteiger partial charge on any atom is -0.282 e. The highest BCUT2D eigenvalue weighted by Crippen LogP contribution is 2.34. The fourth-order valence-electron chi connectivity index (χ4n) is 4.40. The van der Waals surface area contributed by atoms with Crippen LogP contribution in [0.4, 0.5) is 9.52 Å². The molecule has 0 bridgehead atoms. The van der Waals surface area contributed by atoms with Crippen molar-refractivity contribution in [2.24, 2.45) is 5.92 Å². The molecule has 0 unspecified atom stereocenters. The summed E-state index contributed by atoms with van der Waals surface area (Å²) in [7, 11) is -3.75. The van der Waals surface area contributed by atoms with Crippen LogP contribution in [0.25, 0.3) is 10.2 Å². The summed E-state index contributed by atoms with van der Waals surface area (Å²) in [6.45, 7) is 2.71. The number of piperidine rings is 1. The van der Waals surface area contributed by atoms with E-state index in [0.29, 0.717) is 18.0 Å². The van der Waals surface area contributed by atoms with Crippen LogP contribution in [0.3, 0.4) is 0 Å². The first-order valence-electron chi connectivity index (χ1n) is 11.7. The Hall–Kier alpha value is -3.21. The van der Waals surface area contributed by atoms with Crippen molar-refractivity contribution >= 4 is 42.6 Å². The van der Waals surface area contributed by atoms with Gasteiger partial charge in [-0.05, 0) is 67.8 Å². The summed E-state index contributed by atoms with van der Waals surface area (Å²) in [4.78, 5) is 24.7. The van der Waals surface area contributed by atoms with E-state index >= 15 is 0 Å². The monoisotopic (exact) mass is 524 g/mol. The van der Waals surface area contributed by atoms with Gasteiger partial charge in [0.1, 0.15) is 5.82 Å². The number of hydrogen-bond donors (Lipinski definition) is 0. The SMILES string of the molecule is Cc1cccc2sc(N(Cc3ccccn3)C(=O)C3CCN(S(=O)(=O)c4ccc(F)cc4)CC3)nc12. The largest absolute Gasteiger partial charge is 0.282 e. The number of rotatable bonds is 6. The smallest absolute Gasteiger partial charge is 0.243 e. The van der Waals surface area contributed by atoms with E-state index < -0.39 is 15.8 Å². The van der Waals surface area contributed by atoms with Crippen molar-refractivity contribution in [1.29, 1.82) is 0 Å². The number of amides is 1. The van der Waals surface area contributed by atoms with Gasteiger partial charge in [0.25, 0.3) is 0 Å². The second kappa shape index (κ2) is 10.0. The first-order chi connectivity index (χ1) is 17.3. The molecule has 0 spiro atoms. The molecule has 1 fully saturated rings. The summed E-state index contributed by atoms with van der Waals surface area (Å²) < 4.78 is 41.6. The Kier molecular flexibility index (Phi) is 6.83. The van der Waals surface area contributed by atoms with Crippen molar-refractivity contribution in [2.45, 2.75) is 31.2 Å². The Morgan fingerprint density at radius 1 is 1.08 bits per heavy atom. The van der Waals surface area contributed by atoms with Gasteiger partial charge in [-0.1, -0.05) is 29.5 Å². The molecule has 0 saturated carbocycles. The molecule has 186 valence electrons. The maximum atomic E-state index is 13.8. The zero-order valence-corrected chi connectivity index (χ0v) is 21.3. The molecule has 3 heterocycles. The molecule has 1 aliphatic rings. The van der Waals surface area contributed by atoms with Crippen LogP contribution in [-0.4, -0.2) is 41.7 Å². The number of nitrogens with zero attached hydrogens (tertiary/aromatic N) is 4. The van der Waals surface area contributed by atoms with Crippen LogP contribution in [0.5, 0.6) is 0 Å². The van der Waals surface area contributed by atoms with Crippen molar-refractivity contribution in [3.63, 3.8) is 0 Å². The third-order valence-corrected chi connectivity index (χ3v) is 9.36. The third-order valence-electron chi connectivity index (χ3n) is 6.41. The first kappa shape index (κ1) is 24.5. The highest BCUT2D eigenvalue weighted by Gasteiger charge is 2.35. The highest BCUT2D eigenvalue weighted by atomic mass is 32.2. The van der Waals surface area contributed by atoms with Gasteiger partial charge in [-0.25, -0.2) is 17.8 Å². The van der Waals surface area contributed by atoms with Gasteiger partial charge in [-0.3, -0.25) is 14.7 Å². The van der Waals surface area contributed by atoms with Gasteiger partial charge >= 0.3 is 0 Å². The summed E-state index contributed by atoms with van der Waals surface area (Å²) >= 11 is 1.46. The Bertz CT molecular complexity index is 1480. The lowest BCUT2D eigenvalue weighted by atomic mass is 9.96. The number of benzene rings is 2. The normalized spacial score (nSPS) is 15.3. The number of fused-ring (bicyclic) bond motifs is 1. The van der Waals surface area contributed by atoms with E-state index in [0.717, 1.165) is 33.6 Å². The van der Waals surface area contributed by atoms with E-state index in [1.807, 2.05) is 43.3 Å². The van der Waals surface area contributed by atoms with E-state index in [1.165, 1.54) is 27.8 Å². The predicted molar refractivity (Wildman–Crippen MR) is 138 cm³/mol. The fourth-order valence-corrected chi connectivity index (χ4v) is 6.92. The van der Waals surface area contributed by atoms with Gasteiger partial charge in [-0.2, -0.15) is 4.31 Å². The molecule has 0 N–H and O–H groups in total. The van der Waals surface area contributed by atoms with Gasteiger partial charge in [0.2, 0.25) is 15.9 Å². The predicted octanol–water partition coefficient (Wildman–Crippen LogP) is 4.77. The minimum absolute atomic E-state index is 0.0512. The van der Waals surface area contributed by atoms with Crippen LogP contribution in [0.1, 0.15) is 24.1 Å². The van der Waals surface area contributed by atoms with Gasteiger partial charge < -0.3 is 0 Å². The Morgan fingerprint density at radius 3 is 2.50 bits per heavy atom. The van der Waals surface area contributed by atoms with Crippen LogP contribution in [0, 0.1) is 18.7 Å². The quantitative estimate of drug-likeness (QED) is 0.363. The lowest BCUT2D eigenvalue weighted by Crippen LogP contribution is -2.44. The summed E-state index contributed by atoms with van der Waals surface area (Å²) in [5.74, 6) is -0.922. The number of sulfonamides is 1. The first-order valence-corrected chi connectivity index (χ1v) is 13.9. The molecule has 4 aromatic rings. The topological polar surface area (TPSA) is 83.5 Å². The lowest BCUT2D eigenvalue weighted by molar-refractivity contribution is -0.123. The molecular formula is C26H25FN4O3S2. The summed E-state index contributed by atoms with van der Waals surface area (Å²) in [6, 6.07) is 16.4. The number of thiazole rings is 1. The number of carbonyl (C=O) groups is 1. The average molecular weight is 525 g/mol. The molecule has 7 nitrogen and oxygen atoms in total. The molecule has 36 heavy (non-hydrogen) atoms. The molecular weight excluding hydrogens is 499 g/mol. The number of pyridine rings is 1. The zero-order valence-electron chi connectivity index (χ0n) is 19.7. The molecule has 2 aromatic carbocycles. The number of halogens is 1.